The number of carboxylic acids is 1. The van der Waals surface area contributed by atoms with Crippen molar-refractivity contribution in [1.29, 1.82) is 0 Å². The minimum atomic E-state index is -1.02. The molecule has 0 amide bonds. The molecular formula is C16H22O4. The van der Waals surface area contributed by atoms with Gasteiger partial charge in [-0.25, -0.2) is 4.79 Å². The molecule has 1 aliphatic carbocycles. The number of carbonyl (C=O) groups is 1. The van der Waals surface area contributed by atoms with Crippen molar-refractivity contribution >= 4 is 5.97 Å². The third-order valence-electron chi connectivity index (χ3n) is 3.92. The van der Waals surface area contributed by atoms with Gasteiger partial charge in [0, 0.05) is 0 Å². The van der Waals surface area contributed by atoms with E-state index in [1.165, 1.54) is 25.3 Å². The largest absolute Gasteiger partial charge is 0.492 e. The minimum absolute atomic E-state index is 0.124. The van der Waals surface area contributed by atoms with Gasteiger partial charge in [-0.2, -0.15) is 0 Å². The Morgan fingerprint density at radius 3 is 2.65 bits per heavy atom. The third kappa shape index (κ3) is 3.73. The Kier molecular flexibility index (Phi) is 5.01. The quantitative estimate of drug-likeness (QED) is 0.866. The maximum atomic E-state index is 11.3. The molecule has 0 saturated heterocycles. The molecule has 1 aromatic carbocycles. The van der Waals surface area contributed by atoms with Crippen LogP contribution in [-0.2, 0) is 0 Å². The molecule has 0 aromatic heterocycles. The highest BCUT2D eigenvalue weighted by atomic mass is 16.5. The van der Waals surface area contributed by atoms with Crippen molar-refractivity contribution in [2.24, 2.45) is 5.92 Å². The lowest BCUT2D eigenvalue weighted by Gasteiger charge is -2.22. The smallest absolute Gasteiger partial charge is 0.339 e. The molecule has 1 saturated carbocycles. The average molecular weight is 278 g/mol. The van der Waals surface area contributed by atoms with E-state index in [9.17, 15) is 15.0 Å². The van der Waals surface area contributed by atoms with Gasteiger partial charge in [0.2, 0.25) is 0 Å². The van der Waals surface area contributed by atoms with Crippen LogP contribution in [0.4, 0.5) is 0 Å². The summed E-state index contributed by atoms with van der Waals surface area (Å²) in [6.07, 6.45) is 5.41. The van der Waals surface area contributed by atoms with Crippen LogP contribution in [0.3, 0.4) is 0 Å². The van der Waals surface area contributed by atoms with E-state index in [4.69, 9.17) is 4.74 Å². The number of ether oxygens (including phenoxy) is 1. The predicted molar refractivity (Wildman–Crippen MR) is 76.1 cm³/mol. The lowest BCUT2D eigenvalue weighted by molar-refractivity contribution is 0.0690. The van der Waals surface area contributed by atoms with Crippen molar-refractivity contribution in [3.8, 4) is 5.75 Å². The second-order valence-electron chi connectivity index (χ2n) is 5.55. The highest BCUT2D eigenvalue weighted by Crippen LogP contribution is 2.27. The van der Waals surface area contributed by atoms with Crippen LogP contribution in [-0.4, -0.2) is 22.8 Å². The van der Waals surface area contributed by atoms with E-state index < -0.39 is 12.1 Å². The molecule has 1 atom stereocenters. The Morgan fingerprint density at radius 2 is 2.05 bits per heavy atom. The summed E-state index contributed by atoms with van der Waals surface area (Å²) in [6.45, 7) is 2.19. The summed E-state index contributed by atoms with van der Waals surface area (Å²) in [5.74, 6) is -0.0968. The van der Waals surface area contributed by atoms with Gasteiger partial charge < -0.3 is 14.9 Å². The van der Waals surface area contributed by atoms with Crippen LogP contribution in [0.25, 0.3) is 0 Å². The number of rotatable bonds is 5. The molecule has 4 heteroatoms. The molecule has 0 unspecified atom stereocenters. The number of aromatic carboxylic acids is 1. The van der Waals surface area contributed by atoms with Crippen LogP contribution in [0.5, 0.6) is 5.75 Å². The maximum absolute atomic E-state index is 11.3. The summed E-state index contributed by atoms with van der Waals surface area (Å²) in [4.78, 5) is 11.3. The fourth-order valence-electron chi connectivity index (χ4n) is 2.66. The average Bonchev–Trinajstić information content (AvgIpc) is 2.45. The first-order valence-electron chi connectivity index (χ1n) is 7.26. The monoisotopic (exact) mass is 278 g/mol. The first-order valence-corrected chi connectivity index (χ1v) is 7.26. The van der Waals surface area contributed by atoms with Gasteiger partial charge in [-0.05, 0) is 43.4 Å². The van der Waals surface area contributed by atoms with E-state index in [0.29, 0.717) is 23.8 Å². The molecule has 1 fully saturated rings. The Bertz CT molecular complexity index is 462. The Balaban J connectivity index is 2.07. The van der Waals surface area contributed by atoms with Crippen molar-refractivity contribution in [3.63, 3.8) is 0 Å². The van der Waals surface area contributed by atoms with Crippen molar-refractivity contribution in [3.05, 3.63) is 29.3 Å². The van der Waals surface area contributed by atoms with Crippen LogP contribution in [0, 0.1) is 5.92 Å². The van der Waals surface area contributed by atoms with Crippen molar-refractivity contribution in [2.75, 3.05) is 6.61 Å². The van der Waals surface area contributed by atoms with Gasteiger partial charge in [0.15, 0.2) is 0 Å². The predicted octanol–water partition coefficient (Wildman–Crippen LogP) is 3.40. The van der Waals surface area contributed by atoms with Crippen LogP contribution in [0.2, 0.25) is 0 Å². The summed E-state index contributed by atoms with van der Waals surface area (Å²) in [6, 6.07) is 4.85. The number of aliphatic hydroxyl groups excluding tert-OH is 1. The molecule has 2 rings (SSSR count). The van der Waals surface area contributed by atoms with Gasteiger partial charge in [0.1, 0.15) is 11.3 Å². The van der Waals surface area contributed by atoms with Crippen LogP contribution < -0.4 is 4.74 Å². The Hall–Kier alpha value is -1.55. The van der Waals surface area contributed by atoms with E-state index in [-0.39, 0.29) is 5.56 Å². The molecule has 0 aliphatic heterocycles. The van der Waals surface area contributed by atoms with Gasteiger partial charge in [-0.1, -0.05) is 25.3 Å². The summed E-state index contributed by atoms with van der Waals surface area (Å²) in [5, 5.41) is 18.8. The molecule has 2 N–H and O–H groups in total. The summed E-state index contributed by atoms with van der Waals surface area (Å²) in [5.41, 5.74) is 0.714. The lowest BCUT2D eigenvalue weighted by atomic mass is 9.90. The second kappa shape index (κ2) is 6.75. The zero-order chi connectivity index (χ0) is 14.5. The minimum Gasteiger partial charge on any atom is -0.492 e. The van der Waals surface area contributed by atoms with Crippen LogP contribution in [0.15, 0.2) is 18.2 Å². The van der Waals surface area contributed by atoms with E-state index in [0.717, 1.165) is 12.8 Å². The van der Waals surface area contributed by atoms with Gasteiger partial charge in [0.25, 0.3) is 0 Å². The molecule has 0 spiro atoms. The summed E-state index contributed by atoms with van der Waals surface area (Å²) in [7, 11) is 0. The number of benzene rings is 1. The normalized spacial score (nSPS) is 17.7. The molecule has 110 valence electrons. The van der Waals surface area contributed by atoms with Crippen LogP contribution >= 0.6 is 0 Å². The van der Waals surface area contributed by atoms with Crippen molar-refractivity contribution in [1.82, 2.24) is 0 Å². The lowest BCUT2D eigenvalue weighted by Crippen LogP contribution is -2.16. The number of carboxylic acid groups (broad SMARTS) is 1. The SMILES string of the molecule is C[C@@H](O)c1ccc(OCC2CCCCC2)c(C(=O)O)c1. The first kappa shape index (κ1) is 14.9. The van der Waals surface area contributed by atoms with Gasteiger partial charge in [-0.15, -0.1) is 0 Å². The van der Waals surface area contributed by atoms with Crippen molar-refractivity contribution < 1.29 is 19.7 Å². The zero-order valence-electron chi connectivity index (χ0n) is 11.8. The highest BCUT2D eigenvalue weighted by Gasteiger charge is 2.17. The van der Waals surface area contributed by atoms with E-state index in [1.807, 2.05) is 0 Å². The number of hydrogen-bond acceptors (Lipinski definition) is 3. The molecule has 4 nitrogen and oxygen atoms in total. The first-order chi connectivity index (χ1) is 9.58. The number of hydrogen-bond donors (Lipinski definition) is 2. The van der Waals surface area contributed by atoms with E-state index in [2.05, 4.69) is 0 Å². The molecule has 0 bridgehead atoms. The second-order valence-corrected chi connectivity index (χ2v) is 5.55. The molecule has 0 radical (unpaired) electrons. The van der Waals surface area contributed by atoms with Crippen LogP contribution in [0.1, 0.15) is 61.1 Å². The Labute approximate surface area is 119 Å². The molecule has 1 aliphatic rings. The van der Waals surface area contributed by atoms with Gasteiger partial charge in [0.05, 0.1) is 12.7 Å². The van der Waals surface area contributed by atoms with Gasteiger partial charge >= 0.3 is 5.97 Å². The van der Waals surface area contributed by atoms with Crippen molar-refractivity contribution in [2.45, 2.75) is 45.1 Å². The van der Waals surface area contributed by atoms with E-state index in [1.54, 1.807) is 19.1 Å². The highest BCUT2D eigenvalue weighted by molar-refractivity contribution is 5.91. The fraction of sp³-hybridized carbons (Fsp3) is 0.562. The zero-order valence-corrected chi connectivity index (χ0v) is 11.8. The Morgan fingerprint density at radius 1 is 1.35 bits per heavy atom. The maximum Gasteiger partial charge on any atom is 0.339 e. The van der Waals surface area contributed by atoms with Gasteiger partial charge in [-0.3, -0.25) is 0 Å². The fourth-order valence-corrected chi connectivity index (χ4v) is 2.66. The third-order valence-corrected chi connectivity index (χ3v) is 3.92. The standard InChI is InChI=1S/C16H22O4/c1-11(17)13-7-8-15(14(9-13)16(18)19)20-10-12-5-3-2-4-6-12/h7-9,11-12,17H,2-6,10H2,1H3,(H,18,19)/t11-/m1/s1. The molecule has 1 aromatic rings. The molecule has 20 heavy (non-hydrogen) atoms. The molecule has 0 heterocycles. The summed E-state index contributed by atoms with van der Waals surface area (Å²) < 4.78 is 5.71. The van der Waals surface area contributed by atoms with E-state index >= 15 is 0 Å². The molecular weight excluding hydrogens is 256 g/mol. The summed E-state index contributed by atoms with van der Waals surface area (Å²) >= 11 is 0. The number of aliphatic hydroxyl groups is 1. The topological polar surface area (TPSA) is 66.8 Å².